The molecule has 0 unspecified atom stereocenters. The maximum atomic E-state index is 11.8. The fourth-order valence-corrected chi connectivity index (χ4v) is 3.09. The van der Waals surface area contributed by atoms with Gasteiger partial charge in [-0.3, -0.25) is 14.4 Å². The fraction of sp³-hybridized carbons (Fsp3) is 0.562. The first-order valence-corrected chi connectivity index (χ1v) is 7.19. The van der Waals surface area contributed by atoms with E-state index in [-0.39, 0.29) is 24.7 Å². The van der Waals surface area contributed by atoms with E-state index in [0.29, 0.717) is 24.2 Å². The summed E-state index contributed by atoms with van der Waals surface area (Å²) in [7, 11) is 1.59. The summed E-state index contributed by atoms with van der Waals surface area (Å²) in [6, 6.07) is 0. The average Bonchev–Trinajstić information content (AvgIpc) is 2.45. The van der Waals surface area contributed by atoms with Crippen molar-refractivity contribution in [3.8, 4) is 0 Å². The summed E-state index contributed by atoms with van der Waals surface area (Å²) in [5.41, 5.74) is 0.0312. The zero-order valence-electron chi connectivity index (χ0n) is 13.0. The Bertz CT molecular complexity index is 559. The van der Waals surface area contributed by atoms with Crippen LogP contribution in [0.3, 0.4) is 0 Å². The molecular weight excluding hydrogens is 288 g/mol. The van der Waals surface area contributed by atoms with Crippen molar-refractivity contribution in [3.05, 3.63) is 23.5 Å². The van der Waals surface area contributed by atoms with Crippen LogP contribution in [0.2, 0.25) is 0 Å². The SMILES string of the molecule is CO[C@@]12C=CC(=O)C[C@@H]1C(COC(C)=O)=C(OC(C)=O)CC2. The van der Waals surface area contributed by atoms with Gasteiger partial charge < -0.3 is 14.2 Å². The van der Waals surface area contributed by atoms with E-state index in [1.165, 1.54) is 19.9 Å². The molecule has 2 aliphatic rings. The lowest BCUT2D eigenvalue weighted by atomic mass is 9.69. The molecule has 0 amide bonds. The standard InChI is InChI=1S/C16H20O6/c1-10(17)21-9-13-14-8-12(19)4-6-16(14,20-3)7-5-15(13)22-11(2)18/h4,6,14H,5,7-9H2,1-3H3/t14-,16-/m1/s1. The number of fused-ring (bicyclic) bond motifs is 1. The molecule has 0 heterocycles. The Hall–Kier alpha value is -1.95. The van der Waals surface area contributed by atoms with Crippen molar-refractivity contribution in [2.45, 2.75) is 38.7 Å². The van der Waals surface area contributed by atoms with Crippen molar-refractivity contribution in [2.75, 3.05) is 13.7 Å². The molecule has 0 fully saturated rings. The number of allylic oxidation sites excluding steroid dienone is 2. The second-order valence-electron chi connectivity index (χ2n) is 5.54. The topological polar surface area (TPSA) is 78.9 Å². The number of ether oxygens (including phenoxy) is 3. The van der Waals surface area contributed by atoms with Gasteiger partial charge in [-0.05, 0) is 18.6 Å². The van der Waals surface area contributed by atoms with Crippen molar-refractivity contribution >= 4 is 17.7 Å². The van der Waals surface area contributed by atoms with E-state index in [1.54, 1.807) is 13.2 Å². The van der Waals surface area contributed by atoms with Crippen LogP contribution in [-0.2, 0) is 28.6 Å². The fourth-order valence-electron chi connectivity index (χ4n) is 3.09. The third kappa shape index (κ3) is 3.27. The van der Waals surface area contributed by atoms with Crippen molar-refractivity contribution in [3.63, 3.8) is 0 Å². The van der Waals surface area contributed by atoms with Crippen molar-refractivity contribution in [1.82, 2.24) is 0 Å². The first-order chi connectivity index (χ1) is 10.4. The largest absolute Gasteiger partial charge is 0.461 e. The summed E-state index contributed by atoms with van der Waals surface area (Å²) in [5, 5.41) is 0. The van der Waals surface area contributed by atoms with Gasteiger partial charge in [0.15, 0.2) is 5.78 Å². The predicted molar refractivity (Wildman–Crippen MR) is 76.7 cm³/mol. The van der Waals surface area contributed by atoms with Crippen LogP contribution >= 0.6 is 0 Å². The second-order valence-corrected chi connectivity index (χ2v) is 5.54. The molecule has 6 nitrogen and oxygen atoms in total. The number of carbonyl (C=O) groups excluding carboxylic acids is 3. The van der Waals surface area contributed by atoms with Crippen LogP contribution < -0.4 is 0 Å². The average molecular weight is 308 g/mol. The van der Waals surface area contributed by atoms with E-state index in [1.807, 2.05) is 0 Å². The zero-order chi connectivity index (χ0) is 16.3. The van der Waals surface area contributed by atoms with Gasteiger partial charge in [0.25, 0.3) is 0 Å². The molecule has 0 aliphatic heterocycles. The molecule has 2 atom stereocenters. The summed E-state index contributed by atoms with van der Waals surface area (Å²) in [6.45, 7) is 2.62. The van der Waals surface area contributed by atoms with E-state index in [2.05, 4.69) is 0 Å². The Kier molecular flexibility index (Phi) is 4.81. The van der Waals surface area contributed by atoms with Gasteiger partial charge in [-0.15, -0.1) is 0 Å². The molecule has 0 saturated carbocycles. The minimum absolute atomic E-state index is 0.00512. The molecular formula is C16H20O6. The normalized spacial score (nSPS) is 27.4. The Labute approximate surface area is 129 Å². The zero-order valence-corrected chi connectivity index (χ0v) is 13.0. The molecule has 22 heavy (non-hydrogen) atoms. The summed E-state index contributed by atoms with van der Waals surface area (Å²) in [4.78, 5) is 34.2. The lowest BCUT2D eigenvalue weighted by Crippen LogP contribution is -2.46. The molecule has 0 radical (unpaired) electrons. The van der Waals surface area contributed by atoms with Crippen LogP contribution in [0.4, 0.5) is 0 Å². The van der Waals surface area contributed by atoms with Crippen molar-refractivity contribution in [2.24, 2.45) is 5.92 Å². The lowest BCUT2D eigenvalue weighted by Gasteiger charge is -2.44. The van der Waals surface area contributed by atoms with Crippen LogP contribution in [-0.4, -0.2) is 37.0 Å². The molecule has 0 aromatic heterocycles. The van der Waals surface area contributed by atoms with E-state index < -0.39 is 17.5 Å². The molecule has 0 aromatic rings. The van der Waals surface area contributed by atoms with Crippen LogP contribution in [0.25, 0.3) is 0 Å². The molecule has 2 rings (SSSR count). The number of ketones is 1. The highest BCUT2D eigenvalue weighted by Gasteiger charge is 2.47. The van der Waals surface area contributed by atoms with Gasteiger partial charge in [0.2, 0.25) is 0 Å². The number of hydrogen-bond acceptors (Lipinski definition) is 6. The monoisotopic (exact) mass is 308 g/mol. The Morgan fingerprint density at radius 2 is 2.05 bits per heavy atom. The van der Waals surface area contributed by atoms with Gasteiger partial charge in [0, 0.05) is 45.3 Å². The molecule has 0 bridgehead atoms. The Balaban J connectivity index is 2.41. The summed E-state index contributed by atoms with van der Waals surface area (Å²) >= 11 is 0. The first-order valence-electron chi connectivity index (χ1n) is 7.19. The molecule has 120 valence electrons. The Morgan fingerprint density at radius 3 is 2.64 bits per heavy atom. The van der Waals surface area contributed by atoms with E-state index in [0.717, 1.165) is 0 Å². The maximum Gasteiger partial charge on any atom is 0.307 e. The lowest BCUT2D eigenvalue weighted by molar-refractivity contribution is -0.141. The van der Waals surface area contributed by atoms with Gasteiger partial charge >= 0.3 is 11.9 Å². The highest BCUT2D eigenvalue weighted by molar-refractivity contribution is 5.91. The summed E-state index contributed by atoms with van der Waals surface area (Å²) in [6.07, 6.45) is 4.62. The minimum atomic E-state index is -0.618. The number of rotatable bonds is 4. The third-order valence-corrected chi connectivity index (χ3v) is 4.15. The molecule has 0 aromatic carbocycles. The van der Waals surface area contributed by atoms with Gasteiger partial charge in [-0.1, -0.05) is 0 Å². The third-order valence-electron chi connectivity index (χ3n) is 4.15. The van der Waals surface area contributed by atoms with Crippen molar-refractivity contribution in [1.29, 1.82) is 0 Å². The number of carbonyl (C=O) groups is 3. The van der Waals surface area contributed by atoms with Gasteiger partial charge in [0.05, 0.1) is 5.60 Å². The maximum absolute atomic E-state index is 11.8. The van der Waals surface area contributed by atoms with E-state index in [9.17, 15) is 14.4 Å². The molecule has 0 spiro atoms. The van der Waals surface area contributed by atoms with Crippen LogP contribution in [0, 0.1) is 5.92 Å². The predicted octanol–water partition coefficient (Wildman–Crippen LogP) is 1.69. The number of methoxy groups -OCH3 is 1. The highest BCUT2D eigenvalue weighted by Crippen LogP contribution is 2.45. The molecule has 6 heteroatoms. The molecule has 2 aliphatic carbocycles. The Morgan fingerprint density at radius 1 is 1.32 bits per heavy atom. The van der Waals surface area contributed by atoms with E-state index >= 15 is 0 Å². The van der Waals surface area contributed by atoms with Crippen LogP contribution in [0.15, 0.2) is 23.5 Å². The number of esters is 2. The van der Waals surface area contributed by atoms with E-state index in [4.69, 9.17) is 14.2 Å². The summed E-state index contributed by atoms with van der Waals surface area (Å²) < 4.78 is 16.0. The van der Waals surface area contributed by atoms with Gasteiger partial charge in [0.1, 0.15) is 12.4 Å². The minimum Gasteiger partial charge on any atom is -0.461 e. The molecule has 0 N–H and O–H groups in total. The van der Waals surface area contributed by atoms with Crippen molar-refractivity contribution < 1.29 is 28.6 Å². The molecule has 0 saturated heterocycles. The smallest absolute Gasteiger partial charge is 0.307 e. The number of hydrogen-bond donors (Lipinski definition) is 0. The van der Waals surface area contributed by atoms with Crippen LogP contribution in [0.5, 0.6) is 0 Å². The quantitative estimate of drug-likeness (QED) is 0.735. The van der Waals surface area contributed by atoms with Gasteiger partial charge in [-0.25, -0.2) is 0 Å². The summed E-state index contributed by atoms with van der Waals surface area (Å²) in [5.74, 6) is -0.701. The highest BCUT2D eigenvalue weighted by atomic mass is 16.5. The second kappa shape index (κ2) is 6.44. The van der Waals surface area contributed by atoms with Gasteiger partial charge in [-0.2, -0.15) is 0 Å². The first kappa shape index (κ1) is 16.4. The van der Waals surface area contributed by atoms with Crippen LogP contribution in [0.1, 0.15) is 33.1 Å².